The van der Waals surface area contributed by atoms with Crippen LogP contribution in [-0.4, -0.2) is 36.3 Å². The Balaban J connectivity index is 1.81. The molecule has 1 saturated heterocycles. The van der Waals surface area contributed by atoms with E-state index in [-0.39, 0.29) is 17.9 Å². The first-order valence-corrected chi connectivity index (χ1v) is 5.73. The first-order chi connectivity index (χ1) is 8.16. The van der Waals surface area contributed by atoms with Crippen LogP contribution in [-0.2, 0) is 16.0 Å². The van der Waals surface area contributed by atoms with Gasteiger partial charge in [0, 0.05) is 26.4 Å². The molecule has 1 unspecified atom stereocenters. The fourth-order valence-corrected chi connectivity index (χ4v) is 1.91. The van der Waals surface area contributed by atoms with Gasteiger partial charge in [-0.15, -0.1) is 0 Å². The third-order valence-corrected chi connectivity index (χ3v) is 2.94. The molecule has 1 aromatic heterocycles. The summed E-state index contributed by atoms with van der Waals surface area (Å²) in [7, 11) is 1.75. The number of furan rings is 1. The van der Waals surface area contributed by atoms with E-state index in [0.717, 1.165) is 5.76 Å². The minimum Gasteiger partial charge on any atom is -0.469 e. The summed E-state index contributed by atoms with van der Waals surface area (Å²) in [6.07, 6.45) is 3.36. The summed E-state index contributed by atoms with van der Waals surface area (Å²) >= 11 is 0. The molecule has 0 bridgehead atoms. The van der Waals surface area contributed by atoms with Crippen LogP contribution in [0.5, 0.6) is 0 Å². The maximum absolute atomic E-state index is 11.9. The van der Waals surface area contributed by atoms with Crippen molar-refractivity contribution in [2.45, 2.75) is 25.3 Å². The highest BCUT2D eigenvalue weighted by molar-refractivity contribution is 5.90. The van der Waals surface area contributed by atoms with Crippen LogP contribution >= 0.6 is 0 Å². The van der Waals surface area contributed by atoms with Crippen molar-refractivity contribution in [2.24, 2.45) is 0 Å². The second-order valence-corrected chi connectivity index (χ2v) is 4.25. The Kier molecular flexibility index (Phi) is 3.46. The van der Waals surface area contributed by atoms with E-state index in [1.807, 2.05) is 12.1 Å². The fourth-order valence-electron chi connectivity index (χ4n) is 1.91. The summed E-state index contributed by atoms with van der Waals surface area (Å²) in [5, 5.41) is 2.67. The molecule has 0 aromatic carbocycles. The van der Waals surface area contributed by atoms with Crippen molar-refractivity contribution in [3.63, 3.8) is 0 Å². The van der Waals surface area contributed by atoms with Gasteiger partial charge >= 0.3 is 0 Å². The largest absolute Gasteiger partial charge is 0.469 e. The lowest BCUT2D eigenvalue weighted by molar-refractivity contribution is -0.133. The van der Waals surface area contributed by atoms with Crippen molar-refractivity contribution in [3.05, 3.63) is 24.2 Å². The van der Waals surface area contributed by atoms with Crippen molar-refractivity contribution in [1.82, 2.24) is 10.2 Å². The van der Waals surface area contributed by atoms with E-state index in [1.54, 1.807) is 18.2 Å². The van der Waals surface area contributed by atoms with Crippen molar-refractivity contribution in [3.8, 4) is 0 Å². The molecule has 2 rings (SSSR count). The Bertz CT molecular complexity index is 400. The average Bonchev–Trinajstić information content (AvgIpc) is 2.95. The number of hydrogen-bond acceptors (Lipinski definition) is 3. The molecule has 0 radical (unpaired) electrons. The summed E-state index contributed by atoms with van der Waals surface area (Å²) in [5.41, 5.74) is 0. The highest BCUT2D eigenvalue weighted by Gasteiger charge is 2.29. The van der Waals surface area contributed by atoms with Gasteiger partial charge in [0.25, 0.3) is 0 Å². The predicted octanol–water partition coefficient (Wildman–Crippen LogP) is 0.559. The van der Waals surface area contributed by atoms with Gasteiger partial charge in [0.15, 0.2) is 0 Å². The molecule has 0 saturated carbocycles. The molecular weight excluding hydrogens is 220 g/mol. The average molecular weight is 236 g/mol. The quantitative estimate of drug-likeness (QED) is 0.830. The number of carbonyl (C=O) groups excluding carboxylic acids is 2. The smallest absolute Gasteiger partial charge is 0.244 e. The number of carbonyl (C=O) groups is 2. The molecule has 0 aliphatic carbocycles. The van der Waals surface area contributed by atoms with Gasteiger partial charge in [0.1, 0.15) is 11.8 Å². The number of rotatable bonds is 4. The zero-order chi connectivity index (χ0) is 12.3. The molecule has 1 fully saturated rings. The molecular formula is C12H16N2O3. The van der Waals surface area contributed by atoms with Crippen molar-refractivity contribution >= 4 is 11.8 Å². The minimum atomic E-state index is -0.343. The SMILES string of the molecule is CN(CCc1ccco1)C(=O)C1CCC(=O)N1. The van der Waals surface area contributed by atoms with Crippen LogP contribution in [0.15, 0.2) is 22.8 Å². The van der Waals surface area contributed by atoms with Gasteiger partial charge in [-0.1, -0.05) is 0 Å². The number of likely N-dealkylation sites (N-methyl/N-ethyl adjacent to an activating group) is 1. The zero-order valence-corrected chi connectivity index (χ0v) is 9.81. The number of nitrogens with one attached hydrogen (secondary N) is 1. The van der Waals surface area contributed by atoms with Gasteiger partial charge in [-0.05, 0) is 18.6 Å². The Morgan fingerprint density at radius 2 is 2.47 bits per heavy atom. The number of hydrogen-bond donors (Lipinski definition) is 1. The normalized spacial score (nSPS) is 19.1. The molecule has 1 N–H and O–H groups in total. The Morgan fingerprint density at radius 3 is 3.06 bits per heavy atom. The third-order valence-electron chi connectivity index (χ3n) is 2.94. The van der Waals surface area contributed by atoms with Crippen molar-refractivity contribution in [2.75, 3.05) is 13.6 Å². The van der Waals surface area contributed by atoms with Crippen LogP contribution in [0.2, 0.25) is 0 Å². The van der Waals surface area contributed by atoms with Crippen LogP contribution in [0, 0.1) is 0 Å². The van der Waals surface area contributed by atoms with Crippen LogP contribution in [0.3, 0.4) is 0 Å². The van der Waals surface area contributed by atoms with Gasteiger partial charge in [0.05, 0.1) is 6.26 Å². The summed E-state index contributed by atoms with van der Waals surface area (Å²) in [6.45, 7) is 0.596. The fraction of sp³-hybridized carbons (Fsp3) is 0.500. The molecule has 2 amide bonds. The maximum Gasteiger partial charge on any atom is 0.244 e. The van der Waals surface area contributed by atoms with E-state index >= 15 is 0 Å². The summed E-state index contributed by atoms with van der Waals surface area (Å²) in [6, 6.07) is 3.37. The first kappa shape index (κ1) is 11.7. The van der Waals surface area contributed by atoms with Crippen LogP contribution in [0.4, 0.5) is 0 Å². The summed E-state index contributed by atoms with van der Waals surface area (Å²) in [4.78, 5) is 24.6. The topological polar surface area (TPSA) is 62.6 Å². The third kappa shape index (κ3) is 2.87. The standard InChI is InChI=1S/C12H16N2O3/c1-14(7-6-9-3-2-8-17-9)12(16)10-4-5-11(15)13-10/h2-3,8,10H,4-7H2,1H3,(H,13,15). The first-order valence-electron chi connectivity index (χ1n) is 5.73. The highest BCUT2D eigenvalue weighted by Crippen LogP contribution is 2.10. The lowest BCUT2D eigenvalue weighted by Crippen LogP contribution is -2.43. The second kappa shape index (κ2) is 5.03. The lowest BCUT2D eigenvalue weighted by atomic mass is 10.2. The Hall–Kier alpha value is -1.78. The van der Waals surface area contributed by atoms with Gasteiger partial charge in [-0.2, -0.15) is 0 Å². The van der Waals surface area contributed by atoms with E-state index in [4.69, 9.17) is 4.42 Å². The monoisotopic (exact) mass is 236 g/mol. The van der Waals surface area contributed by atoms with Gasteiger partial charge in [0.2, 0.25) is 11.8 Å². The molecule has 2 heterocycles. The van der Waals surface area contributed by atoms with Gasteiger partial charge < -0.3 is 14.6 Å². The highest BCUT2D eigenvalue weighted by atomic mass is 16.3. The Morgan fingerprint density at radius 1 is 1.65 bits per heavy atom. The van der Waals surface area contributed by atoms with Crippen molar-refractivity contribution in [1.29, 1.82) is 0 Å². The molecule has 17 heavy (non-hydrogen) atoms. The number of amides is 2. The molecule has 92 valence electrons. The van der Waals surface area contributed by atoms with Crippen LogP contribution < -0.4 is 5.32 Å². The van der Waals surface area contributed by atoms with E-state index in [0.29, 0.717) is 25.8 Å². The van der Waals surface area contributed by atoms with E-state index in [2.05, 4.69) is 5.32 Å². The summed E-state index contributed by atoms with van der Waals surface area (Å²) in [5.74, 6) is 0.797. The minimum absolute atomic E-state index is 0.0255. The van der Waals surface area contributed by atoms with E-state index in [1.165, 1.54) is 0 Å². The second-order valence-electron chi connectivity index (χ2n) is 4.25. The van der Waals surface area contributed by atoms with E-state index < -0.39 is 0 Å². The molecule has 1 aliphatic rings. The lowest BCUT2D eigenvalue weighted by Gasteiger charge is -2.20. The zero-order valence-electron chi connectivity index (χ0n) is 9.81. The molecule has 0 spiro atoms. The Labute approximate surface area is 99.8 Å². The predicted molar refractivity (Wildman–Crippen MR) is 61.2 cm³/mol. The van der Waals surface area contributed by atoms with E-state index in [9.17, 15) is 9.59 Å². The number of nitrogens with zero attached hydrogens (tertiary/aromatic N) is 1. The molecule has 1 aliphatic heterocycles. The molecule has 1 aromatic rings. The van der Waals surface area contributed by atoms with Gasteiger partial charge in [-0.25, -0.2) is 0 Å². The van der Waals surface area contributed by atoms with Crippen molar-refractivity contribution < 1.29 is 14.0 Å². The summed E-state index contributed by atoms with van der Waals surface area (Å²) < 4.78 is 5.20. The van der Waals surface area contributed by atoms with Crippen LogP contribution in [0.25, 0.3) is 0 Å². The molecule has 1 atom stereocenters. The molecule has 5 heteroatoms. The molecule has 5 nitrogen and oxygen atoms in total. The maximum atomic E-state index is 11.9. The van der Waals surface area contributed by atoms with Crippen LogP contribution in [0.1, 0.15) is 18.6 Å². The van der Waals surface area contributed by atoms with Gasteiger partial charge in [-0.3, -0.25) is 9.59 Å².